The van der Waals surface area contributed by atoms with Crippen LogP contribution in [0.25, 0.3) is 22.3 Å². The first-order valence-electron chi connectivity index (χ1n) is 17.5. The lowest BCUT2D eigenvalue weighted by Gasteiger charge is -2.26. The van der Waals surface area contributed by atoms with Crippen LogP contribution in [0, 0.1) is 30.5 Å². The molecule has 7 rings (SSSR count). The van der Waals surface area contributed by atoms with Crippen LogP contribution in [0.1, 0.15) is 56.9 Å². The molecule has 1 aromatic heterocycles. The van der Waals surface area contributed by atoms with Gasteiger partial charge in [0.25, 0.3) is 5.91 Å². The second-order valence-corrected chi connectivity index (χ2v) is 16.2. The van der Waals surface area contributed by atoms with Gasteiger partial charge < -0.3 is 19.7 Å². The van der Waals surface area contributed by atoms with Crippen molar-refractivity contribution in [3.05, 3.63) is 59.9 Å². The molecule has 4 aliphatic rings. The highest BCUT2D eigenvalue weighted by molar-refractivity contribution is 7.91. The second-order valence-electron chi connectivity index (χ2n) is 14.2. The normalized spacial score (nSPS) is 27.5. The molecular weight excluding hydrogens is 678 g/mol. The number of amides is 3. The topological polar surface area (TPSA) is 157 Å². The third-order valence-corrected chi connectivity index (χ3v) is 12.5. The summed E-state index contributed by atoms with van der Waals surface area (Å²) >= 11 is 0. The summed E-state index contributed by atoms with van der Waals surface area (Å²) in [5.41, 5.74) is 0.468. The van der Waals surface area contributed by atoms with Crippen molar-refractivity contribution >= 4 is 38.6 Å². The van der Waals surface area contributed by atoms with Gasteiger partial charge in [0, 0.05) is 30.6 Å². The molecule has 2 aromatic carbocycles. The molecule has 3 saturated carbocycles. The van der Waals surface area contributed by atoms with E-state index in [1.54, 1.807) is 43.3 Å². The van der Waals surface area contributed by atoms with E-state index in [1.807, 2.05) is 19.1 Å². The van der Waals surface area contributed by atoms with Gasteiger partial charge in [-0.25, -0.2) is 17.8 Å². The monoisotopic (exact) mass is 719 g/mol. The number of aryl methyl sites for hydroxylation is 1. The zero-order chi connectivity index (χ0) is 36.1. The van der Waals surface area contributed by atoms with Crippen LogP contribution in [0.3, 0.4) is 0 Å². The number of halogens is 1. The Bertz CT molecular complexity index is 2020. The van der Waals surface area contributed by atoms with Gasteiger partial charge in [-0.1, -0.05) is 12.2 Å². The Labute approximate surface area is 296 Å². The highest BCUT2D eigenvalue weighted by Crippen LogP contribution is 2.47. The maximum atomic E-state index is 14.2. The lowest BCUT2D eigenvalue weighted by molar-refractivity contribution is -0.140. The quantitative estimate of drug-likeness (QED) is 0.342. The molecule has 270 valence electrons. The Hall–Kier alpha value is -4.59. The first-order valence-corrected chi connectivity index (χ1v) is 19.0. The fourth-order valence-corrected chi connectivity index (χ4v) is 8.74. The molecule has 0 saturated heterocycles. The highest BCUT2D eigenvalue weighted by atomic mass is 32.2. The second kappa shape index (κ2) is 13.5. The standard InChI is InChI=1S/C37H42FN5O7S/c1-21-30(49-3)16-15-27-31(21)39-32(22-9-11-24(38)12-10-22)40-34(27)50-25-18-28-29(19-25)35(45)43(2)17-7-5-4-6-8-23-20-37(23,41-33(28)44)36(46)42-51(47,48)26-13-14-26/h6,8-12,15-16,23,25-26,28-29H,4-5,7,13-14,17-20H2,1-3H3,(H,41,44)(H,42,46)/b8-6-/t23-,25+,28+,29?,37+/m0/s1. The van der Waals surface area contributed by atoms with Crippen LogP contribution in [-0.4, -0.2) is 78.6 Å². The van der Waals surface area contributed by atoms with Gasteiger partial charge in [0.15, 0.2) is 5.82 Å². The number of benzene rings is 2. The van der Waals surface area contributed by atoms with Crippen LogP contribution < -0.4 is 19.5 Å². The maximum Gasteiger partial charge on any atom is 0.259 e. The number of hydrogen-bond acceptors (Lipinski definition) is 9. The zero-order valence-electron chi connectivity index (χ0n) is 28.9. The van der Waals surface area contributed by atoms with E-state index in [9.17, 15) is 27.2 Å². The Morgan fingerprint density at radius 1 is 1.06 bits per heavy atom. The average molecular weight is 720 g/mol. The lowest BCUT2D eigenvalue weighted by atomic mass is 9.93. The molecule has 2 heterocycles. The number of carbonyl (C=O) groups is 3. The Morgan fingerprint density at radius 2 is 1.80 bits per heavy atom. The maximum absolute atomic E-state index is 14.2. The third-order valence-electron chi connectivity index (χ3n) is 10.6. The Morgan fingerprint density at radius 3 is 2.53 bits per heavy atom. The van der Waals surface area contributed by atoms with E-state index in [0.717, 1.165) is 24.8 Å². The molecule has 1 unspecified atom stereocenters. The fourth-order valence-electron chi connectivity index (χ4n) is 7.37. The highest BCUT2D eigenvalue weighted by Gasteiger charge is 2.62. The number of rotatable bonds is 7. The smallest absolute Gasteiger partial charge is 0.259 e. The molecule has 3 aliphatic carbocycles. The Balaban J connectivity index is 1.21. The summed E-state index contributed by atoms with van der Waals surface area (Å²) in [5.74, 6) is -2.66. The van der Waals surface area contributed by atoms with Crippen molar-refractivity contribution in [2.75, 3.05) is 20.7 Å². The average Bonchev–Trinajstić information content (AvgIpc) is 4.03. The van der Waals surface area contributed by atoms with Gasteiger partial charge in [-0.3, -0.25) is 19.1 Å². The summed E-state index contributed by atoms with van der Waals surface area (Å²) in [6, 6.07) is 9.39. The minimum Gasteiger partial charge on any atom is -0.496 e. The molecule has 0 spiro atoms. The Kier molecular flexibility index (Phi) is 9.23. The van der Waals surface area contributed by atoms with Gasteiger partial charge in [-0.15, -0.1) is 0 Å². The number of ether oxygens (including phenoxy) is 2. The first-order chi connectivity index (χ1) is 24.4. The molecule has 2 N–H and O–H groups in total. The summed E-state index contributed by atoms with van der Waals surface area (Å²) in [6.07, 6.45) is 7.15. The summed E-state index contributed by atoms with van der Waals surface area (Å²) in [4.78, 5) is 52.9. The molecule has 3 fully saturated rings. The molecule has 12 nitrogen and oxygen atoms in total. The van der Waals surface area contributed by atoms with Gasteiger partial charge in [-0.2, -0.15) is 4.98 Å². The van der Waals surface area contributed by atoms with Gasteiger partial charge >= 0.3 is 0 Å². The van der Waals surface area contributed by atoms with Gasteiger partial charge in [-0.05, 0) is 94.7 Å². The predicted octanol–water partition coefficient (Wildman–Crippen LogP) is 4.21. The van der Waals surface area contributed by atoms with Crippen molar-refractivity contribution in [1.29, 1.82) is 0 Å². The van der Waals surface area contributed by atoms with Gasteiger partial charge in [0.2, 0.25) is 27.7 Å². The first kappa shape index (κ1) is 34.8. The van der Waals surface area contributed by atoms with Crippen molar-refractivity contribution in [1.82, 2.24) is 24.9 Å². The SMILES string of the molecule is COc1ccc2c(O[C@H]3CC4C(=O)N(C)CCCC/C=C\[C@H]5C[C@@]5(C(=O)NS(=O)(=O)C5CC5)NC(=O)[C@@H]4C3)nc(-c3ccc(F)cc3)nc2c1C. The summed E-state index contributed by atoms with van der Waals surface area (Å²) in [7, 11) is -0.556. The molecule has 5 atom stereocenters. The van der Waals surface area contributed by atoms with Crippen LogP contribution in [0.15, 0.2) is 48.6 Å². The number of carbonyl (C=O) groups excluding carboxylic acids is 3. The van der Waals surface area contributed by atoms with Gasteiger partial charge in [0.05, 0.1) is 35.1 Å². The van der Waals surface area contributed by atoms with Crippen molar-refractivity contribution in [3.63, 3.8) is 0 Å². The number of allylic oxidation sites excluding steroid dienone is 1. The molecule has 1 aliphatic heterocycles. The van der Waals surface area contributed by atoms with Crippen molar-refractivity contribution in [2.24, 2.45) is 17.8 Å². The minimum absolute atomic E-state index is 0.154. The fraction of sp³-hybridized carbons (Fsp3) is 0.486. The number of fused-ring (bicyclic) bond motifs is 3. The van der Waals surface area contributed by atoms with Crippen molar-refractivity contribution in [3.8, 4) is 23.0 Å². The minimum atomic E-state index is -3.85. The number of sulfonamides is 1. The predicted molar refractivity (Wildman–Crippen MR) is 187 cm³/mol. The summed E-state index contributed by atoms with van der Waals surface area (Å²) < 4.78 is 53.6. The van der Waals surface area contributed by atoms with Crippen molar-refractivity contribution in [2.45, 2.75) is 75.2 Å². The molecule has 0 radical (unpaired) electrons. The number of nitrogens with zero attached hydrogens (tertiary/aromatic N) is 3. The van der Waals surface area contributed by atoms with Crippen molar-refractivity contribution < 1.29 is 36.7 Å². The number of aromatic nitrogens is 2. The van der Waals surface area contributed by atoms with E-state index in [4.69, 9.17) is 19.4 Å². The van der Waals surface area contributed by atoms with E-state index in [2.05, 4.69) is 10.0 Å². The molecule has 51 heavy (non-hydrogen) atoms. The van der Waals surface area contributed by atoms with E-state index < -0.39 is 56.4 Å². The zero-order valence-corrected chi connectivity index (χ0v) is 29.7. The lowest BCUT2D eigenvalue weighted by Crippen LogP contribution is -2.54. The van der Waals surface area contributed by atoms with E-state index in [1.165, 1.54) is 12.1 Å². The summed E-state index contributed by atoms with van der Waals surface area (Å²) in [6.45, 7) is 2.39. The number of nitrogens with one attached hydrogen (secondary N) is 2. The van der Waals surface area contributed by atoms with E-state index in [-0.39, 0.29) is 37.0 Å². The van der Waals surface area contributed by atoms with E-state index in [0.29, 0.717) is 47.4 Å². The van der Waals surface area contributed by atoms with Crippen LogP contribution >= 0.6 is 0 Å². The van der Waals surface area contributed by atoms with Crippen LogP contribution in [0.4, 0.5) is 4.39 Å². The number of hydrogen-bond donors (Lipinski definition) is 2. The van der Waals surface area contributed by atoms with Crippen LogP contribution in [0.2, 0.25) is 0 Å². The van der Waals surface area contributed by atoms with Gasteiger partial charge in [0.1, 0.15) is 23.2 Å². The largest absolute Gasteiger partial charge is 0.496 e. The number of methoxy groups -OCH3 is 1. The molecule has 3 amide bonds. The third kappa shape index (κ3) is 6.89. The molecular formula is C37H42FN5O7S. The molecule has 0 bridgehead atoms. The van der Waals surface area contributed by atoms with Crippen LogP contribution in [0.5, 0.6) is 11.6 Å². The van der Waals surface area contributed by atoms with E-state index >= 15 is 0 Å². The molecule has 14 heteroatoms. The molecule has 3 aromatic rings. The summed E-state index contributed by atoms with van der Waals surface area (Å²) in [5, 5.41) is 2.92. The van der Waals surface area contributed by atoms with Crippen LogP contribution in [-0.2, 0) is 24.4 Å².